The Kier molecular flexibility index (Phi) is 4.74. The van der Waals surface area contributed by atoms with Gasteiger partial charge in [0.25, 0.3) is 5.91 Å². The number of hydrogen-bond donors (Lipinski definition) is 3. The van der Waals surface area contributed by atoms with Crippen LogP contribution >= 0.6 is 34.7 Å². The van der Waals surface area contributed by atoms with Crippen molar-refractivity contribution in [3.63, 3.8) is 0 Å². The van der Waals surface area contributed by atoms with Crippen molar-refractivity contribution in [2.45, 2.75) is 17.3 Å². The zero-order valence-corrected chi connectivity index (χ0v) is 14.8. The molecule has 124 valence electrons. The van der Waals surface area contributed by atoms with E-state index in [0.29, 0.717) is 31.9 Å². The monoisotopic (exact) mass is 381 g/mol. The van der Waals surface area contributed by atoms with Gasteiger partial charge in [-0.05, 0) is 24.4 Å². The van der Waals surface area contributed by atoms with Crippen LogP contribution in [0.2, 0.25) is 5.02 Å². The number of imidazole rings is 1. The molecule has 2 amide bonds. The van der Waals surface area contributed by atoms with Crippen LogP contribution < -0.4 is 11.1 Å². The second-order valence-corrected chi connectivity index (χ2v) is 7.53. The topological polar surface area (TPSA) is 114 Å². The third-order valence-corrected chi connectivity index (χ3v) is 5.13. The lowest BCUT2D eigenvalue weighted by molar-refractivity contribution is -0.115. The number of amides is 2. The lowest BCUT2D eigenvalue weighted by Crippen LogP contribution is -2.23. The van der Waals surface area contributed by atoms with Crippen LogP contribution in [-0.2, 0) is 4.79 Å². The van der Waals surface area contributed by atoms with Gasteiger partial charge in [0.2, 0.25) is 5.91 Å². The Hall–Kier alpha value is -2.10. The van der Waals surface area contributed by atoms with Crippen LogP contribution in [0.25, 0.3) is 11.2 Å². The molecular formula is C14H12ClN5O2S2. The first-order chi connectivity index (χ1) is 11.4. The summed E-state index contributed by atoms with van der Waals surface area (Å²) >= 11 is 8.38. The normalized spacial score (nSPS) is 12.2. The van der Waals surface area contributed by atoms with Gasteiger partial charge in [-0.2, -0.15) is 0 Å². The van der Waals surface area contributed by atoms with Gasteiger partial charge in [-0.25, -0.2) is 9.97 Å². The maximum Gasteiger partial charge on any atom is 0.251 e. The summed E-state index contributed by atoms with van der Waals surface area (Å²) in [7, 11) is 0. The molecule has 10 heteroatoms. The molecule has 0 aliphatic heterocycles. The van der Waals surface area contributed by atoms with E-state index in [-0.39, 0.29) is 5.91 Å². The zero-order valence-electron chi connectivity index (χ0n) is 12.4. The second-order valence-electron chi connectivity index (χ2n) is 4.84. The molecule has 4 N–H and O–H groups in total. The molecule has 0 saturated heterocycles. The third-order valence-electron chi connectivity index (χ3n) is 3.11. The lowest BCUT2D eigenvalue weighted by Gasteiger charge is -2.10. The molecule has 3 heterocycles. The summed E-state index contributed by atoms with van der Waals surface area (Å²) in [6.45, 7) is 1.74. The minimum absolute atomic E-state index is 0.253. The number of nitrogens with two attached hydrogens (primary N) is 1. The first-order valence-corrected chi connectivity index (χ1v) is 8.94. The summed E-state index contributed by atoms with van der Waals surface area (Å²) < 4.78 is 0. The SMILES string of the molecule is C[C@H](Sc1nc2ncc(Cl)cc2[nH]1)C(=O)Nc1sccc1C(N)=O. The Balaban J connectivity index is 1.71. The molecule has 0 aromatic carbocycles. The van der Waals surface area contributed by atoms with Gasteiger partial charge in [0.05, 0.1) is 21.4 Å². The van der Waals surface area contributed by atoms with Crippen molar-refractivity contribution in [1.29, 1.82) is 0 Å². The van der Waals surface area contributed by atoms with E-state index in [9.17, 15) is 9.59 Å². The molecule has 24 heavy (non-hydrogen) atoms. The molecule has 3 aromatic heterocycles. The second kappa shape index (κ2) is 6.80. The molecule has 0 aliphatic rings. The van der Waals surface area contributed by atoms with E-state index >= 15 is 0 Å². The number of rotatable bonds is 5. The van der Waals surface area contributed by atoms with Crippen molar-refractivity contribution in [2.75, 3.05) is 5.32 Å². The molecule has 3 rings (SSSR count). The molecule has 0 radical (unpaired) electrons. The van der Waals surface area contributed by atoms with E-state index in [4.69, 9.17) is 17.3 Å². The number of hydrogen-bond acceptors (Lipinski definition) is 6. The van der Waals surface area contributed by atoms with Crippen LogP contribution in [0, 0.1) is 0 Å². The van der Waals surface area contributed by atoms with Crippen molar-refractivity contribution < 1.29 is 9.59 Å². The van der Waals surface area contributed by atoms with Crippen molar-refractivity contribution in [3.8, 4) is 0 Å². The van der Waals surface area contributed by atoms with Crippen LogP contribution in [0.4, 0.5) is 5.00 Å². The number of fused-ring (bicyclic) bond motifs is 1. The van der Waals surface area contributed by atoms with Crippen molar-refractivity contribution in [3.05, 3.63) is 34.3 Å². The van der Waals surface area contributed by atoms with Crippen LogP contribution in [0.3, 0.4) is 0 Å². The van der Waals surface area contributed by atoms with E-state index in [1.54, 1.807) is 24.4 Å². The zero-order chi connectivity index (χ0) is 17.3. The number of aromatic amines is 1. The average molecular weight is 382 g/mol. The summed E-state index contributed by atoms with van der Waals surface area (Å²) in [5, 5.41) is 5.48. The van der Waals surface area contributed by atoms with Gasteiger partial charge in [0, 0.05) is 6.20 Å². The molecule has 0 bridgehead atoms. The lowest BCUT2D eigenvalue weighted by atomic mass is 10.3. The number of primary amides is 1. The molecule has 1 atom stereocenters. The number of aromatic nitrogens is 3. The van der Waals surface area contributed by atoms with Crippen LogP contribution in [0.15, 0.2) is 28.9 Å². The van der Waals surface area contributed by atoms with E-state index in [1.165, 1.54) is 29.3 Å². The van der Waals surface area contributed by atoms with Crippen LogP contribution in [0.1, 0.15) is 17.3 Å². The summed E-state index contributed by atoms with van der Waals surface area (Å²) in [6.07, 6.45) is 1.51. The standard InChI is InChI=1S/C14H12ClN5O2S2/c1-6(12(22)20-13-8(10(16)21)2-3-23-13)24-14-18-9-4-7(15)5-17-11(9)19-14/h2-6H,1H3,(H2,16,21)(H,20,22)(H,17,18,19)/t6-/m0/s1. The maximum absolute atomic E-state index is 12.3. The predicted octanol–water partition coefficient (Wildman–Crippen LogP) is 2.89. The Labute approximate surface area is 150 Å². The molecule has 0 fully saturated rings. The highest BCUT2D eigenvalue weighted by Gasteiger charge is 2.20. The van der Waals surface area contributed by atoms with Gasteiger partial charge in [-0.1, -0.05) is 23.4 Å². The Morgan fingerprint density at radius 1 is 1.50 bits per heavy atom. The highest BCUT2D eigenvalue weighted by molar-refractivity contribution is 8.00. The number of thiophene rings is 1. The van der Waals surface area contributed by atoms with Gasteiger partial charge >= 0.3 is 0 Å². The first kappa shape index (κ1) is 16.7. The van der Waals surface area contributed by atoms with Gasteiger partial charge in [0.1, 0.15) is 5.00 Å². The van der Waals surface area contributed by atoms with Crippen molar-refractivity contribution >= 4 is 62.7 Å². The van der Waals surface area contributed by atoms with Crippen molar-refractivity contribution in [1.82, 2.24) is 15.0 Å². The molecule has 3 aromatic rings. The fraction of sp³-hybridized carbons (Fsp3) is 0.143. The van der Waals surface area contributed by atoms with E-state index in [1.807, 2.05) is 0 Å². The number of nitrogens with zero attached hydrogens (tertiary/aromatic N) is 2. The molecule has 0 spiro atoms. The van der Waals surface area contributed by atoms with E-state index < -0.39 is 11.2 Å². The van der Waals surface area contributed by atoms with Gasteiger partial charge < -0.3 is 16.0 Å². The molecule has 0 aliphatic carbocycles. The van der Waals surface area contributed by atoms with Crippen LogP contribution in [-0.4, -0.2) is 32.0 Å². The maximum atomic E-state index is 12.3. The molecule has 0 unspecified atom stereocenters. The van der Waals surface area contributed by atoms with Gasteiger partial charge in [-0.3, -0.25) is 9.59 Å². The third kappa shape index (κ3) is 3.53. The number of pyridine rings is 1. The average Bonchev–Trinajstić information content (AvgIpc) is 3.12. The summed E-state index contributed by atoms with van der Waals surface area (Å²) in [6, 6.07) is 3.30. The van der Waals surface area contributed by atoms with Gasteiger partial charge in [-0.15, -0.1) is 11.3 Å². The number of nitrogens with one attached hydrogen (secondary N) is 2. The quantitative estimate of drug-likeness (QED) is 0.588. The summed E-state index contributed by atoms with van der Waals surface area (Å²) in [5.74, 6) is -0.830. The molecule has 7 nitrogen and oxygen atoms in total. The molecule has 0 saturated carbocycles. The Bertz CT molecular complexity index is 923. The number of H-pyrrole nitrogens is 1. The number of carbonyl (C=O) groups is 2. The molecular weight excluding hydrogens is 370 g/mol. The number of carbonyl (C=O) groups excluding carboxylic acids is 2. The number of anilines is 1. The summed E-state index contributed by atoms with van der Waals surface area (Å²) in [4.78, 5) is 35.1. The van der Waals surface area contributed by atoms with Crippen LogP contribution in [0.5, 0.6) is 0 Å². The fourth-order valence-electron chi connectivity index (χ4n) is 1.94. The largest absolute Gasteiger partial charge is 0.366 e. The predicted molar refractivity (Wildman–Crippen MR) is 95.7 cm³/mol. The first-order valence-electron chi connectivity index (χ1n) is 6.80. The number of thioether (sulfide) groups is 1. The van der Waals surface area contributed by atoms with E-state index in [2.05, 4.69) is 20.3 Å². The summed E-state index contributed by atoms with van der Waals surface area (Å²) in [5.41, 5.74) is 6.80. The highest BCUT2D eigenvalue weighted by atomic mass is 35.5. The Morgan fingerprint density at radius 2 is 2.29 bits per heavy atom. The fourth-order valence-corrected chi connectivity index (χ4v) is 3.71. The van der Waals surface area contributed by atoms with E-state index in [0.717, 1.165) is 0 Å². The number of halogens is 1. The minimum Gasteiger partial charge on any atom is -0.366 e. The smallest absolute Gasteiger partial charge is 0.251 e. The Morgan fingerprint density at radius 3 is 3.04 bits per heavy atom. The minimum atomic E-state index is -0.577. The highest BCUT2D eigenvalue weighted by Crippen LogP contribution is 2.27. The van der Waals surface area contributed by atoms with Crippen molar-refractivity contribution in [2.24, 2.45) is 5.73 Å². The van der Waals surface area contributed by atoms with Gasteiger partial charge in [0.15, 0.2) is 10.8 Å².